The van der Waals surface area contributed by atoms with Crippen molar-refractivity contribution in [2.24, 2.45) is 10.2 Å². The average molecular weight is 582 g/mol. The Morgan fingerprint density at radius 1 is 1.03 bits per heavy atom. The number of rotatable bonds is 6. The van der Waals surface area contributed by atoms with E-state index in [4.69, 9.17) is 27.9 Å². The van der Waals surface area contributed by atoms with Gasteiger partial charge in [-0.2, -0.15) is 13.5 Å². The Bertz CT molecular complexity index is 1700. The van der Waals surface area contributed by atoms with E-state index in [2.05, 4.69) is 15.5 Å². The van der Waals surface area contributed by atoms with Gasteiger partial charge >= 0.3 is 29.6 Å². The third-order valence-electron chi connectivity index (χ3n) is 5.37. The first-order valence-electron chi connectivity index (χ1n) is 10.6. The first-order chi connectivity index (χ1) is 17.5. The van der Waals surface area contributed by atoms with Crippen LogP contribution in [-0.4, -0.2) is 26.0 Å². The fourth-order valence-corrected chi connectivity index (χ4v) is 5.04. The molecule has 0 atom stereocenters. The number of anilines is 1. The van der Waals surface area contributed by atoms with Crippen molar-refractivity contribution >= 4 is 67.1 Å². The number of carbonyl (C=O) groups excluding carboxylic acids is 1. The van der Waals surface area contributed by atoms with Crippen molar-refractivity contribution in [3.05, 3.63) is 81.8 Å². The Hall–Kier alpha value is -2.70. The molecule has 0 aromatic heterocycles. The number of ether oxygens (including phenoxy) is 1. The third-order valence-corrected chi connectivity index (χ3v) is 6.93. The molecule has 38 heavy (non-hydrogen) atoms. The van der Waals surface area contributed by atoms with E-state index in [1.54, 1.807) is 30.3 Å². The molecule has 4 aromatic carbocycles. The van der Waals surface area contributed by atoms with Crippen molar-refractivity contribution in [2.45, 2.75) is 11.8 Å². The molecule has 0 saturated carbocycles. The van der Waals surface area contributed by atoms with E-state index in [-0.39, 0.29) is 57.1 Å². The van der Waals surface area contributed by atoms with E-state index in [1.807, 2.05) is 0 Å². The molecule has 190 valence electrons. The number of benzene rings is 4. The largest absolute Gasteiger partial charge is 1.00 e. The summed E-state index contributed by atoms with van der Waals surface area (Å²) in [5, 5.41) is 25.0. The van der Waals surface area contributed by atoms with E-state index in [1.165, 1.54) is 44.4 Å². The van der Waals surface area contributed by atoms with Crippen LogP contribution in [0.1, 0.15) is 15.9 Å². The van der Waals surface area contributed by atoms with E-state index in [9.17, 15) is 22.9 Å². The van der Waals surface area contributed by atoms with Crippen molar-refractivity contribution < 1.29 is 57.2 Å². The van der Waals surface area contributed by atoms with E-state index in [0.29, 0.717) is 27.2 Å². The fourth-order valence-electron chi connectivity index (χ4n) is 3.70. The molecule has 0 unspecified atom stereocenters. The number of aryl methyl sites for hydroxylation is 1. The number of hydrogen-bond acceptors (Lipinski definition) is 7. The van der Waals surface area contributed by atoms with Crippen LogP contribution < -0.4 is 44.7 Å². The van der Waals surface area contributed by atoms with E-state index < -0.39 is 26.7 Å². The molecule has 0 aliphatic carbocycles. The molecule has 2 N–H and O–H groups in total. The minimum Gasteiger partial charge on any atom is -0.870 e. The Kier molecular flexibility index (Phi) is 9.43. The number of fused-ring (bicyclic) bond motifs is 1. The van der Waals surface area contributed by atoms with Gasteiger partial charge in [0.15, 0.2) is 0 Å². The average Bonchev–Trinajstić information content (AvgIpc) is 2.83. The number of carbonyl (C=O) groups is 1. The van der Waals surface area contributed by atoms with Crippen LogP contribution in [0.15, 0.2) is 75.8 Å². The van der Waals surface area contributed by atoms with Crippen molar-refractivity contribution in [3.8, 4) is 11.5 Å². The quantitative estimate of drug-likeness (QED) is 0.203. The maximum Gasteiger partial charge on any atom is 1.00 e. The summed E-state index contributed by atoms with van der Waals surface area (Å²) >= 11 is 12.2. The van der Waals surface area contributed by atoms with Crippen LogP contribution in [0.3, 0.4) is 0 Å². The summed E-state index contributed by atoms with van der Waals surface area (Å²) in [5.74, 6) is -1.09. The molecule has 0 radical (unpaired) electrons. The smallest absolute Gasteiger partial charge is 0.870 e. The molecule has 1 amide bonds. The molecule has 0 fully saturated rings. The van der Waals surface area contributed by atoms with Gasteiger partial charge in [-0.15, -0.1) is 5.11 Å². The van der Waals surface area contributed by atoms with Crippen LogP contribution in [0.25, 0.3) is 10.8 Å². The standard InChI is InChI=1S/C25H19Cl2N3O6S.Na/c1-13-7-8-20(27)22(24(13)37(33,34)35)30-29-21-18-6-4-3-5-14(18)9-19(23(21)31)25(32)28-16-10-15(26)11-17(12-16)36-2;/h3-12,31H,1-2H3,(H,28,32)(H,33,34,35);/q;+1/p-1. The summed E-state index contributed by atoms with van der Waals surface area (Å²) in [4.78, 5) is 12.6. The molecule has 0 saturated heterocycles. The molecule has 4 aromatic rings. The van der Waals surface area contributed by atoms with Gasteiger partial charge in [-0.1, -0.05) is 59.3 Å². The number of hydrogen-bond donors (Lipinski definition) is 2. The molecule has 0 heterocycles. The second kappa shape index (κ2) is 12.0. The molecule has 4 rings (SSSR count). The monoisotopic (exact) mass is 581 g/mol. The van der Waals surface area contributed by atoms with Crippen molar-refractivity contribution in [3.63, 3.8) is 0 Å². The van der Waals surface area contributed by atoms with Gasteiger partial charge in [0.05, 0.1) is 17.8 Å². The molecule has 0 aliphatic rings. The zero-order valence-corrected chi connectivity index (χ0v) is 24.6. The second-order valence-corrected chi connectivity index (χ2v) is 10.1. The van der Waals surface area contributed by atoms with Crippen molar-refractivity contribution in [1.82, 2.24) is 0 Å². The second-order valence-electron chi connectivity index (χ2n) is 7.87. The maximum absolute atomic E-state index is 13.4. The summed E-state index contributed by atoms with van der Waals surface area (Å²) in [6.07, 6.45) is 0. The number of halogens is 2. The van der Waals surface area contributed by atoms with Gasteiger partial charge in [0.1, 0.15) is 16.3 Å². The number of nitrogens with zero attached hydrogens (tertiary/aromatic N) is 2. The first-order valence-corrected chi connectivity index (χ1v) is 12.8. The van der Waals surface area contributed by atoms with Gasteiger partial charge < -0.3 is 15.2 Å². The van der Waals surface area contributed by atoms with Crippen LogP contribution in [0.5, 0.6) is 11.5 Å². The summed E-state index contributed by atoms with van der Waals surface area (Å²) in [6.45, 7) is 1.45. The minimum atomic E-state index is -4.71. The molecule has 0 bridgehead atoms. The fraction of sp³-hybridized carbons (Fsp3) is 0.0800. The maximum atomic E-state index is 13.4. The van der Waals surface area contributed by atoms with Gasteiger partial charge in [0, 0.05) is 27.7 Å². The molecule has 0 aliphatic heterocycles. The zero-order chi connectivity index (χ0) is 26.9. The number of methoxy groups -OCH3 is 1. The van der Waals surface area contributed by atoms with Gasteiger partial charge in [-0.25, -0.2) is 0 Å². The van der Waals surface area contributed by atoms with Gasteiger partial charge in [0.2, 0.25) is 0 Å². The summed E-state index contributed by atoms with van der Waals surface area (Å²) in [5.41, 5.74) is -0.316. The summed E-state index contributed by atoms with van der Waals surface area (Å²) in [7, 11) is -3.26. The Morgan fingerprint density at radius 2 is 1.71 bits per heavy atom. The summed E-state index contributed by atoms with van der Waals surface area (Å²) in [6, 6.07) is 15.4. The van der Waals surface area contributed by atoms with Crippen LogP contribution in [0.4, 0.5) is 17.1 Å². The topological polar surface area (TPSA) is 140 Å². The van der Waals surface area contributed by atoms with Crippen LogP contribution in [0, 0.1) is 6.92 Å². The Balaban J connectivity index is 0.00000400. The van der Waals surface area contributed by atoms with Crippen LogP contribution >= 0.6 is 23.2 Å². The molecule has 9 nitrogen and oxygen atoms in total. The summed E-state index contributed by atoms with van der Waals surface area (Å²) < 4.78 is 38.8. The van der Waals surface area contributed by atoms with Gasteiger partial charge in [-0.05, 0) is 42.1 Å². The zero-order valence-electron chi connectivity index (χ0n) is 20.3. The van der Waals surface area contributed by atoms with Gasteiger partial charge in [0.25, 0.3) is 16.0 Å². The van der Waals surface area contributed by atoms with Gasteiger partial charge in [-0.3, -0.25) is 9.35 Å². The van der Waals surface area contributed by atoms with Crippen LogP contribution in [0.2, 0.25) is 10.0 Å². The van der Waals surface area contributed by atoms with Crippen molar-refractivity contribution in [2.75, 3.05) is 12.4 Å². The SMILES string of the molecule is COc1cc(Cl)cc(NC(=O)c2cc3ccccc3c(N=Nc3c(Cl)ccc(C)c3S(=O)(=O)O)c2[O-])c1.[Na+]. The molecular formula is C25H18Cl2N3NaO6S. The molecule has 13 heteroatoms. The number of azo groups is 1. The first kappa shape index (κ1) is 29.9. The van der Waals surface area contributed by atoms with E-state index in [0.717, 1.165) is 0 Å². The normalized spacial score (nSPS) is 11.4. The minimum absolute atomic E-state index is 0. The molecule has 0 spiro atoms. The van der Waals surface area contributed by atoms with Crippen molar-refractivity contribution in [1.29, 1.82) is 0 Å². The van der Waals surface area contributed by atoms with E-state index >= 15 is 0 Å². The predicted octanol–water partition coefficient (Wildman–Crippen LogP) is 3.46. The third kappa shape index (κ3) is 6.29. The Morgan fingerprint density at radius 3 is 2.39 bits per heavy atom. The molecular weight excluding hydrogens is 564 g/mol. The number of amides is 1. The Labute approximate surface area is 250 Å². The number of nitrogens with one attached hydrogen (secondary N) is 1. The van der Waals surface area contributed by atoms with Crippen LogP contribution in [-0.2, 0) is 10.1 Å². The predicted molar refractivity (Wildman–Crippen MR) is 140 cm³/mol.